The highest BCUT2D eigenvalue weighted by molar-refractivity contribution is 14.0. The van der Waals surface area contributed by atoms with Gasteiger partial charge in [-0.15, -0.1) is 35.3 Å². The Balaban J connectivity index is 0.00000161. The smallest absolute Gasteiger partial charge is 0.193 e. The first-order valence-corrected chi connectivity index (χ1v) is 8.64. The molecule has 118 valence electrons. The molecule has 7 heteroatoms. The zero-order valence-corrected chi connectivity index (χ0v) is 16.8. The number of thiophene rings is 1. The molecule has 1 spiro atoms. The molecule has 3 heterocycles. The number of aliphatic imine (C=N–C) groups is 1. The van der Waals surface area contributed by atoms with Gasteiger partial charge in [-0.2, -0.15) is 0 Å². The number of likely N-dealkylation sites (tertiary alicyclic amines) is 1. The molecule has 0 saturated carbocycles. The fraction of sp³-hybridized carbons (Fsp3) is 0.643. The predicted molar refractivity (Wildman–Crippen MR) is 102 cm³/mol. The van der Waals surface area contributed by atoms with E-state index in [2.05, 4.69) is 42.6 Å². The Morgan fingerprint density at radius 2 is 2.43 bits per heavy atom. The second-order valence-electron chi connectivity index (χ2n) is 5.61. The standard InChI is InChI=1S/C14H20BrN3OS.HI/c1-16-13(17-7-12-6-11(15)8-20-12)18-4-2-14(9-18)3-5-19-10-14;/h6,8H,2-5,7,9-10H2,1H3,(H,16,17);1H. The van der Waals surface area contributed by atoms with Gasteiger partial charge in [0, 0.05) is 46.9 Å². The summed E-state index contributed by atoms with van der Waals surface area (Å²) < 4.78 is 6.74. The second-order valence-corrected chi connectivity index (χ2v) is 7.52. The molecule has 21 heavy (non-hydrogen) atoms. The molecule has 0 radical (unpaired) electrons. The highest BCUT2D eigenvalue weighted by Gasteiger charge is 2.42. The first-order chi connectivity index (χ1) is 9.71. The molecular weight excluding hydrogens is 465 g/mol. The Hall–Kier alpha value is 0.140. The summed E-state index contributed by atoms with van der Waals surface area (Å²) in [5, 5.41) is 5.58. The quantitative estimate of drug-likeness (QED) is 0.396. The normalized spacial score (nSPS) is 25.4. The fourth-order valence-corrected chi connectivity index (χ4v) is 4.42. The Morgan fingerprint density at radius 3 is 3.05 bits per heavy atom. The first-order valence-electron chi connectivity index (χ1n) is 6.97. The van der Waals surface area contributed by atoms with Gasteiger partial charge in [0.05, 0.1) is 13.2 Å². The van der Waals surface area contributed by atoms with Gasteiger partial charge in [0.25, 0.3) is 0 Å². The summed E-state index contributed by atoms with van der Waals surface area (Å²) in [7, 11) is 1.86. The molecule has 2 aliphatic heterocycles. The van der Waals surface area contributed by atoms with Crippen LogP contribution in [0.2, 0.25) is 0 Å². The third-order valence-electron chi connectivity index (χ3n) is 4.18. The molecule has 1 atom stereocenters. The molecule has 4 nitrogen and oxygen atoms in total. The van der Waals surface area contributed by atoms with E-state index in [1.807, 2.05) is 7.05 Å². The summed E-state index contributed by atoms with van der Waals surface area (Å²) in [4.78, 5) is 8.12. The highest BCUT2D eigenvalue weighted by atomic mass is 127. The van der Waals surface area contributed by atoms with Crippen molar-refractivity contribution >= 4 is 57.2 Å². The molecule has 0 aromatic carbocycles. The van der Waals surface area contributed by atoms with E-state index in [9.17, 15) is 0 Å². The van der Waals surface area contributed by atoms with Crippen molar-refractivity contribution in [1.82, 2.24) is 10.2 Å². The molecule has 0 bridgehead atoms. The van der Waals surface area contributed by atoms with Crippen molar-refractivity contribution in [3.63, 3.8) is 0 Å². The van der Waals surface area contributed by atoms with Gasteiger partial charge in [0.2, 0.25) is 0 Å². The summed E-state index contributed by atoms with van der Waals surface area (Å²) in [5.74, 6) is 1.01. The highest BCUT2D eigenvalue weighted by Crippen LogP contribution is 2.38. The van der Waals surface area contributed by atoms with E-state index in [0.29, 0.717) is 5.41 Å². The van der Waals surface area contributed by atoms with E-state index < -0.39 is 0 Å². The molecule has 1 aromatic heterocycles. The lowest BCUT2D eigenvalue weighted by molar-refractivity contribution is 0.156. The summed E-state index contributed by atoms with van der Waals surface area (Å²) in [6, 6.07) is 2.15. The van der Waals surface area contributed by atoms with E-state index in [1.165, 1.54) is 17.7 Å². The average molecular weight is 486 g/mol. The lowest BCUT2D eigenvalue weighted by Gasteiger charge is -2.24. The van der Waals surface area contributed by atoms with Gasteiger partial charge in [0.15, 0.2) is 5.96 Å². The Labute approximate surface area is 155 Å². The van der Waals surface area contributed by atoms with Gasteiger partial charge in [-0.1, -0.05) is 0 Å². The lowest BCUT2D eigenvalue weighted by atomic mass is 9.87. The summed E-state index contributed by atoms with van der Waals surface area (Å²) in [5.41, 5.74) is 0.379. The number of halogens is 2. The molecule has 1 aromatic rings. The minimum atomic E-state index is 0. The van der Waals surface area contributed by atoms with Gasteiger partial charge in [-0.3, -0.25) is 4.99 Å². The first kappa shape index (κ1) is 17.5. The number of hydrogen-bond acceptors (Lipinski definition) is 3. The average Bonchev–Trinajstić information content (AvgIpc) is 3.15. The van der Waals surface area contributed by atoms with E-state index in [0.717, 1.165) is 43.3 Å². The lowest BCUT2D eigenvalue weighted by Crippen LogP contribution is -2.41. The van der Waals surface area contributed by atoms with Crippen LogP contribution in [0.4, 0.5) is 0 Å². The zero-order valence-electron chi connectivity index (χ0n) is 12.1. The van der Waals surface area contributed by atoms with Crippen LogP contribution in [-0.2, 0) is 11.3 Å². The largest absolute Gasteiger partial charge is 0.381 e. The molecule has 1 N–H and O–H groups in total. The van der Waals surface area contributed by atoms with Crippen LogP contribution in [0.1, 0.15) is 17.7 Å². The van der Waals surface area contributed by atoms with Crippen molar-refractivity contribution in [2.24, 2.45) is 10.4 Å². The van der Waals surface area contributed by atoms with Crippen LogP contribution in [-0.4, -0.2) is 44.2 Å². The van der Waals surface area contributed by atoms with Crippen LogP contribution in [0.3, 0.4) is 0 Å². The third-order valence-corrected chi connectivity index (χ3v) is 5.87. The monoisotopic (exact) mass is 485 g/mol. The van der Waals surface area contributed by atoms with Crippen molar-refractivity contribution in [3.05, 3.63) is 20.8 Å². The molecule has 3 rings (SSSR count). The Bertz CT molecular complexity index is 502. The maximum Gasteiger partial charge on any atom is 0.193 e. The Morgan fingerprint density at radius 1 is 1.57 bits per heavy atom. The van der Waals surface area contributed by atoms with Crippen molar-refractivity contribution in [2.45, 2.75) is 19.4 Å². The summed E-state index contributed by atoms with van der Waals surface area (Å²) in [6.45, 7) is 4.82. The second kappa shape index (κ2) is 7.61. The van der Waals surface area contributed by atoms with Crippen molar-refractivity contribution in [3.8, 4) is 0 Å². The number of nitrogens with zero attached hydrogens (tertiary/aromatic N) is 2. The predicted octanol–water partition coefficient (Wildman–Crippen LogP) is 3.32. The van der Waals surface area contributed by atoms with E-state index in [1.54, 1.807) is 11.3 Å². The molecule has 2 aliphatic rings. The number of ether oxygens (including phenoxy) is 1. The maximum atomic E-state index is 5.59. The van der Waals surface area contributed by atoms with E-state index in [-0.39, 0.29) is 24.0 Å². The number of rotatable bonds is 2. The zero-order chi connectivity index (χ0) is 14.0. The van der Waals surface area contributed by atoms with Crippen LogP contribution in [0, 0.1) is 5.41 Å². The van der Waals surface area contributed by atoms with Gasteiger partial charge in [-0.05, 0) is 34.8 Å². The Kier molecular flexibility index (Phi) is 6.34. The van der Waals surface area contributed by atoms with Crippen LogP contribution < -0.4 is 5.32 Å². The maximum absolute atomic E-state index is 5.59. The summed E-state index contributed by atoms with van der Waals surface area (Å²) in [6.07, 6.45) is 2.41. The molecule has 1 unspecified atom stereocenters. The van der Waals surface area contributed by atoms with Crippen LogP contribution in [0.25, 0.3) is 0 Å². The van der Waals surface area contributed by atoms with Gasteiger partial charge < -0.3 is 15.0 Å². The molecule has 2 saturated heterocycles. The molecule has 0 aliphatic carbocycles. The van der Waals surface area contributed by atoms with E-state index >= 15 is 0 Å². The topological polar surface area (TPSA) is 36.9 Å². The minimum Gasteiger partial charge on any atom is -0.381 e. The van der Waals surface area contributed by atoms with Crippen LogP contribution in [0.15, 0.2) is 20.9 Å². The fourth-order valence-electron chi connectivity index (χ4n) is 3.03. The van der Waals surface area contributed by atoms with Crippen LogP contribution in [0.5, 0.6) is 0 Å². The SMILES string of the molecule is CN=C(NCc1cc(Br)cs1)N1CCC2(CCOC2)C1.I. The van der Waals surface area contributed by atoms with Gasteiger partial charge in [0.1, 0.15) is 0 Å². The third kappa shape index (κ3) is 4.11. The van der Waals surface area contributed by atoms with Crippen LogP contribution >= 0.6 is 51.2 Å². The van der Waals surface area contributed by atoms with E-state index in [4.69, 9.17) is 4.74 Å². The number of hydrogen-bond donors (Lipinski definition) is 1. The van der Waals surface area contributed by atoms with Crippen molar-refractivity contribution < 1.29 is 4.74 Å². The number of nitrogens with one attached hydrogen (secondary N) is 1. The van der Waals surface area contributed by atoms with Gasteiger partial charge >= 0.3 is 0 Å². The molecular formula is C14H21BrIN3OS. The minimum absolute atomic E-state index is 0. The molecule has 2 fully saturated rings. The van der Waals surface area contributed by atoms with Crippen molar-refractivity contribution in [1.29, 1.82) is 0 Å². The van der Waals surface area contributed by atoms with Crippen molar-refractivity contribution in [2.75, 3.05) is 33.4 Å². The molecule has 0 amide bonds. The summed E-state index contributed by atoms with van der Waals surface area (Å²) >= 11 is 5.25. The van der Waals surface area contributed by atoms with Gasteiger partial charge in [-0.25, -0.2) is 0 Å². The number of guanidine groups is 1.